The summed E-state index contributed by atoms with van der Waals surface area (Å²) in [6.45, 7) is 11.6. The molecule has 0 radical (unpaired) electrons. The van der Waals surface area contributed by atoms with E-state index in [4.69, 9.17) is 9.72 Å². The van der Waals surface area contributed by atoms with Crippen molar-refractivity contribution in [2.75, 3.05) is 26.3 Å². The molecule has 1 amide bonds. The van der Waals surface area contributed by atoms with Crippen molar-refractivity contribution >= 4 is 39.2 Å². The number of hydrogen-bond donors (Lipinski definition) is 0. The molecule has 1 fully saturated rings. The van der Waals surface area contributed by atoms with Gasteiger partial charge in [0.05, 0.1) is 23.8 Å². The molecule has 1 aliphatic heterocycles. The lowest BCUT2D eigenvalue weighted by molar-refractivity contribution is -0.134. The van der Waals surface area contributed by atoms with Gasteiger partial charge in [0.15, 0.2) is 5.16 Å². The summed E-state index contributed by atoms with van der Waals surface area (Å²) >= 11 is 3.10. The van der Waals surface area contributed by atoms with Gasteiger partial charge in [0.1, 0.15) is 4.83 Å². The lowest BCUT2D eigenvalue weighted by Crippen LogP contribution is -2.44. The summed E-state index contributed by atoms with van der Waals surface area (Å²) in [5.74, 6) is 1.24. The Balaban J connectivity index is 1.69. The zero-order valence-electron chi connectivity index (χ0n) is 19.0. The number of morpholine rings is 1. The first-order valence-electron chi connectivity index (χ1n) is 11.4. The van der Waals surface area contributed by atoms with E-state index in [-0.39, 0.29) is 16.7 Å². The van der Waals surface area contributed by atoms with E-state index in [9.17, 15) is 9.59 Å². The van der Waals surface area contributed by atoms with Gasteiger partial charge < -0.3 is 9.64 Å². The van der Waals surface area contributed by atoms with Gasteiger partial charge in [-0.2, -0.15) is 0 Å². The van der Waals surface area contributed by atoms with Gasteiger partial charge in [0.25, 0.3) is 5.56 Å². The molecule has 1 saturated heterocycles. The second-order valence-corrected chi connectivity index (χ2v) is 11.7. The number of amides is 1. The van der Waals surface area contributed by atoms with Crippen molar-refractivity contribution < 1.29 is 9.53 Å². The summed E-state index contributed by atoms with van der Waals surface area (Å²) in [6.07, 6.45) is 4.05. The highest BCUT2D eigenvalue weighted by molar-refractivity contribution is 8.00. The van der Waals surface area contributed by atoms with Crippen LogP contribution in [0.15, 0.2) is 9.95 Å². The highest BCUT2D eigenvalue weighted by Gasteiger charge is 2.28. The number of rotatable bonds is 6. The topological polar surface area (TPSA) is 64.4 Å². The average Bonchev–Trinajstić information content (AvgIpc) is 3.10. The minimum atomic E-state index is -0.289. The zero-order valence-corrected chi connectivity index (χ0v) is 20.6. The second-order valence-electron chi connectivity index (χ2n) is 9.26. The molecule has 3 heterocycles. The van der Waals surface area contributed by atoms with Crippen LogP contribution in [0.25, 0.3) is 10.2 Å². The minimum Gasteiger partial charge on any atom is -0.378 e. The number of nitrogens with zero attached hydrogens (tertiary/aromatic N) is 3. The van der Waals surface area contributed by atoms with Gasteiger partial charge in [0.2, 0.25) is 5.91 Å². The highest BCUT2D eigenvalue weighted by atomic mass is 32.2. The van der Waals surface area contributed by atoms with Crippen LogP contribution in [0, 0.1) is 11.8 Å². The van der Waals surface area contributed by atoms with Crippen LogP contribution in [0.2, 0.25) is 0 Å². The fourth-order valence-electron chi connectivity index (χ4n) is 4.33. The minimum absolute atomic E-state index is 0.0752. The Morgan fingerprint density at radius 2 is 2.03 bits per heavy atom. The van der Waals surface area contributed by atoms with Crippen LogP contribution in [0.3, 0.4) is 0 Å². The monoisotopic (exact) mass is 463 g/mol. The van der Waals surface area contributed by atoms with Gasteiger partial charge in [-0.05, 0) is 50.0 Å². The standard InChI is InChI=1S/C23H33N3O3S2/c1-14(2)7-8-26-22(28)19-17-6-5-15(3)13-18(17)31-20(19)24-23(26)30-16(4)21(27)25-9-11-29-12-10-25/h14-16H,5-13H2,1-4H3. The maximum Gasteiger partial charge on any atom is 0.263 e. The van der Waals surface area contributed by atoms with Crippen LogP contribution in [0.5, 0.6) is 0 Å². The molecule has 31 heavy (non-hydrogen) atoms. The summed E-state index contributed by atoms with van der Waals surface area (Å²) in [7, 11) is 0. The molecule has 0 saturated carbocycles. The van der Waals surface area contributed by atoms with E-state index in [2.05, 4.69) is 20.8 Å². The summed E-state index contributed by atoms with van der Waals surface area (Å²) in [4.78, 5) is 35.6. The molecule has 0 bridgehead atoms. The van der Waals surface area contributed by atoms with Crippen LogP contribution in [-0.4, -0.2) is 51.9 Å². The smallest absolute Gasteiger partial charge is 0.263 e. The Kier molecular flexibility index (Phi) is 7.08. The second kappa shape index (κ2) is 9.63. The quantitative estimate of drug-likeness (QED) is 0.479. The van der Waals surface area contributed by atoms with E-state index in [1.165, 1.54) is 22.2 Å². The number of thioether (sulfide) groups is 1. The van der Waals surface area contributed by atoms with Gasteiger partial charge in [0, 0.05) is 24.5 Å². The molecular weight excluding hydrogens is 430 g/mol. The number of carbonyl (C=O) groups excluding carboxylic acids is 1. The number of thiophene rings is 1. The Labute approximate surface area is 192 Å². The van der Waals surface area contributed by atoms with Gasteiger partial charge in [-0.15, -0.1) is 11.3 Å². The molecule has 1 aliphatic carbocycles. The number of fused-ring (bicyclic) bond motifs is 3. The Bertz CT molecular complexity index is 1010. The van der Waals surface area contributed by atoms with Crippen molar-refractivity contribution in [3.63, 3.8) is 0 Å². The number of carbonyl (C=O) groups is 1. The van der Waals surface area contributed by atoms with Crippen LogP contribution < -0.4 is 5.56 Å². The van der Waals surface area contributed by atoms with Crippen molar-refractivity contribution in [1.82, 2.24) is 14.5 Å². The molecule has 170 valence electrons. The van der Waals surface area contributed by atoms with Crippen molar-refractivity contribution in [3.05, 3.63) is 20.8 Å². The van der Waals surface area contributed by atoms with E-state index in [0.29, 0.717) is 49.8 Å². The van der Waals surface area contributed by atoms with E-state index in [0.717, 1.165) is 35.9 Å². The molecule has 8 heteroatoms. The molecule has 6 nitrogen and oxygen atoms in total. The molecule has 0 N–H and O–H groups in total. The average molecular weight is 464 g/mol. The lowest BCUT2D eigenvalue weighted by atomic mass is 9.89. The molecule has 0 aromatic carbocycles. The third kappa shape index (κ3) is 4.86. The normalized spacial score (nSPS) is 20.3. The third-order valence-corrected chi connectivity index (χ3v) is 8.49. The predicted molar refractivity (Wildman–Crippen MR) is 127 cm³/mol. The zero-order chi connectivity index (χ0) is 22.1. The summed E-state index contributed by atoms with van der Waals surface area (Å²) < 4.78 is 7.21. The van der Waals surface area contributed by atoms with Crippen molar-refractivity contribution in [2.24, 2.45) is 11.8 Å². The molecule has 2 aromatic rings. The van der Waals surface area contributed by atoms with E-state index in [1.54, 1.807) is 11.3 Å². The predicted octanol–water partition coefficient (Wildman–Crippen LogP) is 3.97. The molecule has 2 unspecified atom stereocenters. The summed E-state index contributed by atoms with van der Waals surface area (Å²) in [5, 5.41) is 1.22. The number of aromatic nitrogens is 2. The van der Waals surface area contributed by atoms with Gasteiger partial charge in [-0.3, -0.25) is 14.2 Å². The van der Waals surface area contributed by atoms with Crippen LogP contribution in [0.4, 0.5) is 0 Å². The van der Waals surface area contributed by atoms with Crippen LogP contribution >= 0.6 is 23.1 Å². The van der Waals surface area contributed by atoms with E-state index in [1.807, 2.05) is 16.4 Å². The van der Waals surface area contributed by atoms with Crippen molar-refractivity contribution in [2.45, 2.75) is 70.3 Å². The maximum absolute atomic E-state index is 13.6. The molecule has 2 atom stereocenters. The van der Waals surface area contributed by atoms with Gasteiger partial charge in [-0.1, -0.05) is 32.5 Å². The van der Waals surface area contributed by atoms with Crippen LogP contribution in [0.1, 0.15) is 51.0 Å². The molecule has 0 spiro atoms. The fourth-order valence-corrected chi connectivity index (χ4v) is 6.77. The SMILES string of the molecule is CC(C)CCn1c(SC(C)C(=O)N2CCOCC2)nc2sc3c(c2c1=O)CCC(C)C3. The molecule has 2 aromatic heterocycles. The largest absolute Gasteiger partial charge is 0.378 e. The molecular formula is C23H33N3O3S2. The maximum atomic E-state index is 13.6. The first-order valence-corrected chi connectivity index (χ1v) is 13.1. The van der Waals surface area contributed by atoms with Crippen molar-refractivity contribution in [1.29, 1.82) is 0 Å². The number of aryl methyl sites for hydroxylation is 1. The highest BCUT2D eigenvalue weighted by Crippen LogP contribution is 2.37. The Morgan fingerprint density at radius 3 is 2.74 bits per heavy atom. The molecule has 4 rings (SSSR count). The van der Waals surface area contributed by atoms with Crippen molar-refractivity contribution in [3.8, 4) is 0 Å². The fraction of sp³-hybridized carbons (Fsp3) is 0.696. The summed E-state index contributed by atoms with van der Waals surface area (Å²) in [5.41, 5.74) is 1.30. The summed E-state index contributed by atoms with van der Waals surface area (Å²) in [6, 6.07) is 0. The first-order chi connectivity index (χ1) is 14.8. The lowest BCUT2D eigenvalue weighted by Gasteiger charge is -2.29. The van der Waals surface area contributed by atoms with Crippen LogP contribution in [-0.2, 0) is 28.9 Å². The van der Waals surface area contributed by atoms with Gasteiger partial charge in [-0.25, -0.2) is 4.98 Å². The molecule has 2 aliphatic rings. The van der Waals surface area contributed by atoms with Gasteiger partial charge >= 0.3 is 0 Å². The Morgan fingerprint density at radius 1 is 1.29 bits per heavy atom. The third-order valence-electron chi connectivity index (χ3n) is 6.26. The Hall–Kier alpha value is -1.38. The number of hydrogen-bond acceptors (Lipinski definition) is 6. The van der Waals surface area contributed by atoms with E-state index < -0.39 is 0 Å². The van der Waals surface area contributed by atoms with E-state index >= 15 is 0 Å². The number of ether oxygens (including phenoxy) is 1. The first kappa shape index (κ1) is 22.8.